The molecule has 0 N–H and O–H groups in total. The van der Waals surface area contributed by atoms with Gasteiger partial charge in [-0.1, -0.05) is 41.6 Å². The van der Waals surface area contributed by atoms with Gasteiger partial charge >= 0.3 is 0 Å². The zero-order chi connectivity index (χ0) is 15.5. The van der Waals surface area contributed by atoms with E-state index in [0.717, 1.165) is 49.1 Å². The molecule has 1 aliphatic heterocycles. The lowest BCUT2D eigenvalue weighted by Gasteiger charge is -2.14. The second-order valence-corrected chi connectivity index (χ2v) is 6.90. The summed E-state index contributed by atoms with van der Waals surface area (Å²) >= 11 is 1.64. The van der Waals surface area contributed by atoms with Crippen LogP contribution in [0.1, 0.15) is 23.8 Å². The zero-order valence-electron chi connectivity index (χ0n) is 12.9. The highest BCUT2D eigenvalue weighted by Gasteiger charge is 2.28. The van der Waals surface area contributed by atoms with Crippen molar-refractivity contribution >= 4 is 11.3 Å². The van der Waals surface area contributed by atoms with Crippen molar-refractivity contribution in [1.82, 2.24) is 15.0 Å². The fraction of sp³-hybridized carbons (Fsp3) is 0.333. The van der Waals surface area contributed by atoms with Crippen LogP contribution in [0.25, 0.3) is 10.7 Å². The van der Waals surface area contributed by atoms with Crippen LogP contribution < -0.4 is 0 Å². The molecule has 1 fully saturated rings. The molecular weight excluding hydrogens is 306 g/mol. The topological polar surface area (TPSA) is 42.2 Å². The van der Waals surface area contributed by atoms with Crippen molar-refractivity contribution in [3.05, 3.63) is 59.3 Å². The molecule has 3 heterocycles. The molecule has 1 atom stereocenters. The number of rotatable bonds is 5. The standard InChI is InChI=1S/C18H19N3OS/c1-2-5-14(6-3-1)8-10-21-11-9-15(13-21)18-19-17(20-22-18)16-7-4-12-23-16/h1-7,12,15H,8-11,13H2/t15-/m0/s1. The van der Waals surface area contributed by atoms with Crippen LogP contribution >= 0.6 is 11.3 Å². The summed E-state index contributed by atoms with van der Waals surface area (Å²) in [5.74, 6) is 1.88. The highest BCUT2D eigenvalue weighted by atomic mass is 32.1. The summed E-state index contributed by atoms with van der Waals surface area (Å²) in [5, 5.41) is 6.16. The number of nitrogens with zero attached hydrogens (tertiary/aromatic N) is 3. The smallest absolute Gasteiger partial charge is 0.231 e. The first-order chi connectivity index (χ1) is 11.4. The van der Waals surface area contributed by atoms with Gasteiger partial charge in [0.1, 0.15) is 0 Å². The molecule has 1 aliphatic rings. The Kier molecular flexibility index (Phi) is 4.22. The SMILES string of the molecule is c1ccc(CCN2CC[C@H](c3nc(-c4cccs4)no3)C2)cc1. The monoisotopic (exact) mass is 325 g/mol. The molecule has 1 saturated heterocycles. The van der Waals surface area contributed by atoms with Gasteiger partial charge in [-0.15, -0.1) is 11.3 Å². The van der Waals surface area contributed by atoms with E-state index in [1.807, 2.05) is 17.5 Å². The molecule has 0 amide bonds. The van der Waals surface area contributed by atoms with Gasteiger partial charge in [0.25, 0.3) is 0 Å². The van der Waals surface area contributed by atoms with Crippen LogP contribution in [0, 0.1) is 0 Å². The van der Waals surface area contributed by atoms with Gasteiger partial charge in [-0.3, -0.25) is 0 Å². The van der Waals surface area contributed by atoms with Crippen molar-refractivity contribution in [3.63, 3.8) is 0 Å². The largest absolute Gasteiger partial charge is 0.339 e. The molecule has 118 valence electrons. The minimum atomic E-state index is 0.368. The summed E-state index contributed by atoms with van der Waals surface area (Å²) in [6, 6.07) is 14.7. The number of hydrogen-bond acceptors (Lipinski definition) is 5. The molecule has 0 aliphatic carbocycles. The molecule has 4 nitrogen and oxygen atoms in total. The van der Waals surface area contributed by atoms with Crippen molar-refractivity contribution < 1.29 is 4.52 Å². The number of thiophene rings is 1. The molecule has 0 radical (unpaired) electrons. The molecule has 0 unspecified atom stereocenters. The Morgan fingerprint density at radius 2 is 2.09 bits per heavy atom. The van der Waals surface area contributed by atoms with E-state index in [4.69, 9.17) is 4.52 Å². The van der Waals surface area contributed by atoms with Crippen molar-refractivity contribution in [3.8, 4) is 10.7 Å². The fourth-order valence-corrected chi connectivity index (χ4v) is 3.73. The van der Waals surface area contributed by atoms with Crippen LogP contribution in [0.4, 0.5) is 0 Å². The maximum Gasteiger partial charge on any atom is 0.231 e. The van der Waals surface area contributed by atoms with Crippen molar-refractivity contribution in [2.24, 2.45) is 0 Å². The van der Waals surface area contributed by atoms with Crippen molar-refractivity contribution in [2.75, 3.05) is 19.6 Å². The second kappa shape index (κ2) is 6.64. The van der Waals surface area contributed by atoms with E-state index in [1.54, 1.807) is 11.3 Å². The average molecular weight is 325 g/mol. The van der Waals surface area contributed by atoms with E-state index in [9.17, 15) is 0 Å². The number of likely N-dealkylation sites (tertiary alicyclic amines) is 1. The van der Waals surface area contributed by atoms with E-state index >= 15 is 0 Å². The highest BCUT2D eigenvalue weighted by molar-refractivity contribution is 7.13. The van der Waals surface area contributed by atoms with Gasteiger partial charge in [-0.05, 0) is 36.4 Å². The minimum absolute atomic E-state index is 0.368. The van der Waals surface area contributed by atoms with Crippen LogP contribution in [0.3, 0.4) is 0 Å². The van der Waals surface area contributed by atoms with Gasteiger partial charge < -0.3 is 9.42 Å². The Bertz CT molecular complexity index is 739. The van der Waals surface area contributed by atoms with Crippen LogP contribution in [0.15, 0.2) is 52.4 Å². The summed E-state index contributed by atoms with van der Waals surface area (Å²) in [5.41, 5.74) is 1.40. The molecule has 5 heteroatoms. The Morgan fingerprint density at radius 3 is 2.91 bits per heavy atom. The third-order valence-electron chi connectivity index (χ3n) is 4.36. The fourth-order valence-electron chi connectivity index (χ4n) is 3.08. The first-order valence-corrected chi connectivity index (χ1v) is 8.90. The normalized spacial score (nSPS) is 18.5. The summed E-state index contributed by atoms with van der Waals surface area (Å²) in [6.45, 7) is 3.21. The van der Waals surface area contributed by atoms with Gasteiger partial charge in [0.15, 0.2) is 0 Å². The third kappa shape index (κ3) is 3.35. The lowest BCUT2D eigenvalue weighted by atomic mass is 10.1. The van der Waals surface area contributed by atoms with E-state index < -0.39 is 0 Å². The van der Waals surface area contributed by atoms with Gasteiger partial charge in [0.05, 0.1) is 10.8 Å². The second-order valence-electron chi connectivity index (χ2n) is 5.96. The third-order valence-corrected chi connectivity index (χ3v) is 5.23. The predicted molar refractivity (Wildman–Crippen MR) is 91.6 cm³/mol. The van der Waals surface area contributed by atoms with E-state index in [-0.39, 0.29) is 0 Å². The first-order valence-electron chi connectivity index (χ1n) is 8.02. The number of benzene rings is 1. The Morgan fingerprint density at radius 1 is 1.17 bits per heavy atom. The van der Waals surface area contributed by atoms with E-state index in [0.29, 0.717) is 5.92 Å². The number of hydrogen-bond donors (Lipinski definition) is 0. The van der Waals surface area contributed by atoms with Crippen LogP contribution in [0.2, 0.25) is 0 Å². The summed E-state index contributed by atoms with van der Waals surface area (Å²) in [6.07, 6.45) is 2.19. The molecule has 4 rings (SSSR count). The Balaban J connectivity index is 1.35. The molecule has 1 aromatic carbocycles. The lowest BCUT2D eigenvalue weighted by molar-refractivity contribution is 0.318. The van der Waals surface area contributed by atoms with Gasteiger partial charge in [-0.25, -0.2) is 0 Å². The first kappa shape index (κ1) is 14.6. The molecular formula is C18H19N3OS. The summed E-state index contributed by atoms with van der Waals surface area (Å²) < 4.78 is 5.50. The minimum Gasteiger partial charge on any atom is -0.339 e. The maximum absolute atomic E-state index is 5.50. The highest BCUT2D eigenvalue weighted by Crippen LogP contribution is 2.29. The lowest BCUT2D eigenvalue weighted by Crippen LogP contribution is -2.23. The predicted octanol–water partition coefficient (Wildman–Crippen LogP) is 3.83. The molecule has 0 bridgehead atoms. The van der Waals surface area contributed by atoms with Gasteiger partial charge in [0, 0.05) is 13.1 Å². The van der Waals surface area contributed by atoms with Crippen molar-refractivity contribution in [2.45, 2.75) is 18.8 Å². The molecule has 3 aromatic rings. The van der Waals surface area contributed by atoms with Gasteiger partial charge in [0.2, 0.25) is 11.7 Å². The molecule has 2 aromatic heterocycles. The molecule has 23 heavy (non-hydrogen) atoms. The van der Waals surface area contributed by atoms with Crippen LogP contribution in [-0.2, 0) is 6.42 Å². The average Bonchev–Trinajstić information content (AvgIpc) is 3.33. The molecule has 0 saturated carbocycles. The van der Waals surface area contributed by atoms with E-state index in [1.165, 1.54) is 5.56 Å². The maximum atomic E-state index is 5.50. The van der Waals surface area contributed by atoms with Crippen molar-refractivity contribution in [1.29, 1.82) is 0 Å². The van der Waals surface area contributed by atoms with E-state index in [2.05, 4.69) is 45.4 Å². The Hall–Kier alpha value is -1.98. The van der Waals surface area contributed by atoms with Crippen LogP contribution in [-0.4, -0.2) is 34.7 Å². The quantitative estimate of drug-likeness (QED) is 0.715. The summed E-state index contributed by atoms with van der Waals surface area (Å²) in [7, 11) is 0. The van der Waals surface area contributed by atoms with Gasteiger partial charge in [-0.2, -0.15) is 4.98 Å². The Labute approximate surface area is 139 Å². The number of aromatic nitrogens is 2. The van der Waals surface area contributed by atoms with Crippen LogP contribution in [0.5, 0.6) is 0 Å². The molecule has 0 spiro atoms. The summed E-state index contributed by atoms with van der Waals surface area (Å²) in [4.78, 5) is 8.15. The zero-order valence-corrected chi connectivity index (χ0v) is 13.7.